The Morgan fingerprint density at radius 1 is 1.00 bits per heavy atom. The third-order valence-corrected chi connectivity index (χ3v) is 6.37. The van der Waals surface area contributed by atoms with E-state index in [1.165, 1.54) is 17.0 Å². The lowest BCUT2D eigenvalue weighted by atomic mass is 9.94. The van der Waals surface area contributed by atoms with E-state index in [1.54, 1.807) is 53.7 Å². The van der Waals surface area contributed by atoms with Crippen molar-refractivity contribution in [2.45, 2.75) is 92.0 Å². The smallest absolute Gasteiger partial charge is 0.408 e. The van der Waals surface area contributed by atoms with Gasteiger partial charge in [-0.1, -0.05) is 35.9 Å². The highest BCUT2D eigenvalue weighted by molar-refractivity contribution is 5.93. The van der Waals surface area contributed by atoms with Gasteiger partial charge in [0.2, 0.25) is 11.8 Å². The number of hydrogen-bond acceptors (Lipinski definition) is 7. The highest BCUT2D eigenvalue weighted by Gasteiger charge is 2.38. The fourth-order valence-electron chi connectivity index (χ4n) is 4.47. The Hall–Kier alpha value is -4.08. The molecule has 0 saturated heterocycles. The second-order valence-corrected chi connectivity index (χ2v) is 11.5. The minimum Gasteiger partial charge on any atom is -0.508 e. The van der Waals surface area contributed by atoms with Gasteiger partial charge in [-0.15, -0.1) is 0 Å². The number of ether oxygens (including phenoxy) is 2. The lowest BCUT2D eigenvalue weighted by Gasteiger charge is -2.38. The summed E-state index contributed by atoms with van der Waals surface area (Å²) < 4.78 is 10.4. The molecule has 0 saturated carbocycles. The maximum Gasteiger partial charge on any atom is 0.408 e. The van der Waals surface area contributed by atoms with E-state index >= 15 is 0 Å². The van der Waals surface area contributed by atoms with Crippen molar-refractivity contribution in [3.05, 3.63) is 64.7 Å². The van der Waals surface area contributed by atoms with E-state index in [0.29, 0.717) is 11.1 Å². The first-order valence-corrected chi connectivity index (χ1v) is 14.2. The van der Waals surface area contributed by atoms with Crippen LogP contribution >= 0.6 is 0 Å². The van der Waals surface area contributed by atoms with Crippen LogP contribution in [0, 0.1) is 13.8 Å². The standard InChI is InChI=1S/C32H45N3O7/c1-9-41-27(37)16-17-33-29(38)28(25-18-21(4)10-11-22(25)5)35(20(2)3)30(39)26(34-31(40)42-32(6,7)8)19-23-12-14-24(36)15-13-23/h10-15,18,20,26,28,36H,9,16-17,19H2,1-8H3,(H,33,38)(H,34,40). The Morgan fingerprint density at radius 3 is 2.21 bits per heavy atom. The van der Waals surface area contributed by atoms with Gasteiger partial charge in [-0.2, -0.15) is 0 Å². The monoisotopic (exact) mass is 583 g/mol. The zero-order valence-corrected chi connectivity index (χ0v) is 25.9. The number of nitrogens with one attached hydrogen (secondary N) is 2. The molecule has 3 amide bonds. The Balaban J connectivity index is 2.54. The van der Waals surface area contributed by atoms with Crippen LogP contribution in [0.3, 0.4) is 0 Å². The first kappa shape index (κ1) is 34.1. The van der Waals surface area contributed by atoms with Gasteiger partial charge in [-0.3, -0.25) is 14.4 Å². The summed E-state index contributed by atoms with van der Waals surface area (Å²) >= 11 is 0. The number of esters is 1. The van der Waals surface area contributed by atoms with Crippen LogP contribution in [0.4, 0.5) is 4.79 Å². The third-order valence-electron chi connectivity index (χ3n) is 6.37. The van der Waals surface area contributed by atoms with Crippen LogP contribution in [0.15, 0.2) is 42.5 Å². The van der Waals surface area contributed by atoms with Gasteiger partial charge in [0.15, 0.2) is 0 Å². The lowest BCUT2D eigenvalue weighted by molar-refractivity contribution is -0.145. The molecule has 0 spiro atoms. The molecule has 2 atom stereocenters. The SMILES string of the molecule is CCOC(=O)CCNC(=O)C(c1cc(C)ccc1C)N(C(=O)C(Cc1ccc(O)cc1)NC(=O)OC(C)(C)C)C(C)C. The van der Waals surface area contributed by atoms with Crippen LogP contribution in [0.1, 0.15) is 76.3 Å². The molecule has 0 bridgehead atoms. The van der Waals surface area contributed by atoms with Crippen molar-refractivity contribution in [3.8, 4) is 5.75 Å². The van der Waals surface area contributed by atoms with Gasteiger partial charge in [-0.05, 0) is 84.2 Å². The molecule has 0 heterocycles. The second kappa shape index (κ2) is 15.2. The van der Waals surface area contributed by atoms with Crippen LogP contribution in [0.25, 0.3) is 0 Å². The van der Waals surface area contributed by atoms with E-state index in [1.807, 2.05) is 32.0 Å². The predicted octanol–water partition coefficient (Wildman–Crippen LogP) is 4.49. The first-order valence-electron chi connectivity index (χ1n) is 14.2. The molecule has 230 valence electrons. The molecule has 0 radical (unpaired) electrons. The van der Waals surface area contributed by atoms with Gasteiger partial charge < -0.3 is 30.1 Å². The molecule has 42 heavy (non-hydrogen) atoms. The predicted molar refractivity (Wildman–Crippen MR) is 160 cm³/mol. The fourth-order valence-corrected chi connectivity index (χ4v) is 4.47. The molecular weight excluding hydrogens is 538 g/mol. The molecule has 0 aromatic heterocycles. The zero-order valence-electron chi connectivity index (χ0n) is 25.9. The van der Waals surface area contributed by atoms with Crippen molar-refractivity contribution >= 4 is 23.9 Å². The van der Waals surface area contributed by atoms with Crippen LogP contribution in [-0.4, -0.2) is 64.7 Å². The van der Waals surface area contributed by atoms with Crippen LogP contribution in [0.5, 0.6) is 5.75 Å². The summed E-state index contributed by atoms with van der Waals surface area (Å²) in [6, 6.07) is 9.40. The molecule has 0 aliphatic heterocycles. The number of nitrogens with zero attached hydrogens (tertiary/aromatic N) is 1. The van der Waals surface area contributed by atoms with Crippen molar-refractivity contribution in [3.63, 3.8) is 0 Å². The average molecular weight is 584 g/mol. The number of rotatable bonds is 12. The van der Waals surface area contributed by atoms with Crippen molar-refractivity contribution in [2.24, 2.45) is 0 Å². The Kier molecular flexibility index (Phi) is 12.4. The molecule has 0 aliphatic carbocycles. The summed E-state index contributed by atoms with van der Waals surface area (Å²) in [5, 5.41) is 15.2. The second-order valence-electron chi connectivity index (χ2n) is 11.5. The minimum absolute atomic E-state index is 0.0155. The summed E-state index contributed by atoms with van der Waals surface area (Å²) in [5.74, 6) is -1.32. The summed E-state index contributed by atoms with van der Waals surface area (Å²) in [4.78, 5) is 54.4. The van der Waals surface area contributed by atoms with E-state index < -0.39 is 47.6 Å². The minimum atomic E-state index is -1.09. The molecule has 3 N–H and O–H groups in total. The highest BCUT2D eigenvalue weighted by Crippen LogP contribution is 2.29. The molecule has 10 heteroatoms. The van der Waals surface area contributed by atoms with Gasteiger partial charge in [0.05, 0.1) is 13.0 Å². The molecule has 2 rings (SSSR count). The van der Waals surface area contributed by atoms with Gasteiger partial charge in [0, 0.05) is 19.0 Å². The Labute approximate surface area is 248 Å². The summed E-state index contributed by atoms with van der Waals surface area (Å²) in [6.07, 6.45) is -0.699. The van der Waals surface area contributed by atoms with Gasteiger partial charge >= 0.3 is 12.1 Å². The molecule has 0 fully saturated rings. The lowest BCUT2D eigenvalue weighted by Crippen LogP contribution is -2.56. The molecule has 2 aromatic rings. The summed E-state index contributed by atoms with van der Waals surface area (Å²) in [5.41, 5.74) is 2.23. The Morgan fingerprint density at radius 2 is 1.64 bits per heavy atom. The van der Waals surface area contributed by atoms with E-state index in [9.17, 15) is 24.3 Å². The molecular formula is C32H45N3O7. The summed E-state index contributed by atoms with van der Waals surface area (Å²) in [6.45, 7) is 14.5. The number of hydrogen-bond donors (Lipinski definition) is 3. The first-order chi connectivity index (χ1) is 19.6. The van der Waals surface area contributed by atoms with E-state index in [0.717, 1.165) is 11.1 Å². The highest BCUT2D eigenvalue weighted by atomic mass is 16.6. The van der Waals surface area contributed by atoms with E-state index in [4.69, 9.17) is 9.47 Å². The molecule has 2 aromatic carbocycles. The van der Waals surface area contributed by atoms with Crippen molar-refractivity contribution in [1.29, 1.82) is 0 Å². The fraction of sp³-hybridized carbons (Fsp3) is 0.500. The van der Waals surface area contributed by atoms with Crippen molar-refractivity contribution in [2.75, 3.05) is 13.2 Å². The number of aromatic hydroxyl groups is 1. The number of carbonyl (C=O) groups is 4. The van der Waals surface area contributed by atoms with Crippen LogP contribution in [0.2, 0.25) is 0 Å². The van der Waals surface area contributed by atoms with Crippen LogP contribution in [-0.2, 0) is 30.3 Å². The summed E-state index contributed by atoms with van der Waals surface area (Å²) in [7, 11) is 0. The molecule has 2 unspecified atom stereocenters. The normalized spacial score (nSPS) is 12.7. The number of phenolic OH excluding ortho intramolecular Hbond substituents is 1. The Bertz CT molecular complexity index is 1240. The quantitative estimate of drug-likeness (QED) is 0.314. The number of alkyl carbamates (subject to hydrolysis) is 1. The average Bonchev–Trinajstić information content (AvgIpc) is 2.88. The number of amides is 3. The topological polar surface area (TPSA) is 134 Å². The largest absolute Gasteiger partial charge is 0.508 e. The van der Waals surface area contributed by atoms with Gasteiger partial charge in [0.25, 0.3) is 0 Å². The molecule has 10 nitrogen and oxygen atoms in total. The zero-order chi connectivity index (χ0) is 31.6. The number of carbonyl (C=O) groups excluding carboxylic acids is 4. The third kappa shape index (κ3) is 10.4. The van der Waals surface area contributed by atoms with E-state index in [2.05, 4.69) is 10.6 Å². The molecule has 0 aliphatic rings. The maximum atomic E-state index is 14.4. The number of benzene rings is 2. The van der Waals surface area contributed by atoms with Gasteiger partial charge in [-0.25, -0.2) is 4.79 Å². The maximum absolute atomic E-state index is 14.4. The van der Waals surface area contributed by atoms with Crippen molar-refractivity contribution < 1.29 is 33.8 Å². The van der Waals surface area contributed by atoms with Crippen LogP contribution < -0.4 is 10.6 Å². The van der Waals surface area contributed by atoms with Gasteiger partial charge in [0.1, 0.15) is 23.4 Å². The van der Waals surface area contributed by atoms with Crippen molar-refractivity contribution in [1.82, 2.24) is 15.5 Å². The van der Waals surface area contributed by atoms with E-state index in [-0.39, 0.29) is 31.7 Å². The number of aryl methyl sites for hydroxylation is 2. The number of phenols is 1.